The van der Waals surface area contributed by atoms with Crippen molar-refractivity contribution < 1.29 is 9.26 Å². The molecule has 1 saturated heterocycles. The van der Waals surface area contributed by atoms with E-state index >= 15 is 0 Å². The van der Waals surface area contributed by atoms with E-state index in [2.05, 4.69) is 22.4 Å². The lowest BCUT2D eigenvalue weighted by molar-refractivity contribution is 0.0677. The lowest BCUT2D eigenvalue weighted by Crippen LogP contribution is -2.32. The number of hydrogen-bond donors (Lipinski definition) is 1. The second-order valence-electron chi connectivity index (χ2n) is 5.53. The van der Waals surface area contributed by atoms with Crippen molar-refractivity contribution in [2.45, 2.75) is 50.7 Å². The third-order valence-electron chi connectivity index (χ3n) is 4.13. The zero-order chi connectivity index (χ0) is 13.8. The van der Waals surface area contributed by atoms with Gasteiger partial charge in [0, 0.05) is 23.5 Å². The highest BCUT2D eigenvalue weighted by Gasteiger charge is 2.28. The molecule has 3 rings (SSSR count). The highest BCUT2D eigenvalue weighted by Crippen LogP contribution is 2.33. The van der Waals surface area contributed by atoms with E-state index in [0.717, 1.165) is 49.2 Å². The summed E-state index contributed by atoms with van der Waals surface area (Å²) in [5, 5.41) is 7.65. The lowest BCUT2D eigenvalue weighted by Gasteiger charge is -2.26. The largest absolute Gasteiger partial charge is 0.368 e. The van der Waals surface area contributed by atoms with Crippen molar-refractivity contribution >= 4 is 11.8 Å². The number of thioether (sulfide) groups is 1. The first-order chi connectivity index (χ1) is 9.86. The highest BCUT2D eigenvalue weighted by molar-refractivity contribution is 7.99. The third kappa shape index (κ3) is 3.35. The smallest absolute Gasteiger partial charge is 0.229 e. The molecule has 112 valence electrons. The molecule has 2 heterocycles. The van der Waals surface area contributed by atoms with Crippen molar-refractivity contribution in [3.8, 4) is 0 Å². The fourth-order valence-electron chi connectivity index (χ4n) is 3.01. The fourth-order valence-corrected chi connectivity index (χ4v) is 3.85. The van der Waals surface area contributed by atoms with Crippen LogP contribution in [0.15, 0.2) is 4.52 Å². The highest BCUT2D eigenvalue weighted by atomic mass is 32.2. The molecule has 0 amide bonds. The van der Waals surface area contributed by atoms with E-state index in [-0.39, 0.29) is 6.10 Å². The minimum atomic E-state index is 0.0179. The van der Waals surface area contributed by atoms with Gasteiger partial charge in [-0.05, 0) is 32.2 Å². The summed E-state index contributed by atoms with van der Waals surface area (Å²) in [5.74, 6) is 3.99. The Morgan fingerprint density at radius 3 is 2.85 bits per heavy atom. The van der Waals surface area contributed by atoms with Gasteiger partial charge in [0.25, 0.3) is 0 Å². The summed E-state index contributed by atoms with van der Waals surface area (Å²) < 4.78 is 11.2. The molecule has 6 heteroatoms. The van der Waals surface area contributed by atoms with Crippen LogP contribution in [0.3, 0.4) is 0 Å². The second-order valence-corrected chi connectivity index (χ2v) is 6.68. The summed E-state index contributed by atoms with van der Waals surface area (Å²) in [6, 6.07) is 0.664. The molecule has 1 aromatic heterocycles. The van der Waals surface area contributed by atoms with Crippen LogP contribution in [0, 0.1) is 0 Å². The molecule has 0 aromatic carbocycles. The second kappa shape index (κ2) is 6.91. The van der Waals surface area contributed by atoms with Crippen LogP contribution >= 0.6 is 11.8 Å². The SMILES string of the molecule is CCNC1CCC(c2nc(C3CSCCO3)no2)CC1. The Morgan fingerprint density at radius 1 is 1.30 bits per heavy atom. The third-order valence-corrected chi connectivity index (χ3v) is 5.12. The van der Waals surface area contributed by atoms with Gasteiger partial charge in [-0.15, -0.1) is 0 Å². The van der Waals surface area contributed by atoms with Crippen LogP contribution in [-0.4, -0.2) is 40.8 Å². The predicted molar refractivity (Wildman–Crippen MR) is 79.0 cm³/mol. The number of nitrogens with zero attached hydrogens (tertiary/aromatic N) is 2. The Labute approximate surface area is 124 Å². The van der Waals surface area contributed by atoms with Crippen molar-refractivity contribution in [2.75, 3.05) is 24.7 Å². The molecule has 5 nitrogen and oxygen atoms in total. The van der Waals surface area contributed by atoms with Gasteiger partial charge in [0.05, 0.1) is 6.61 Å². The van der Waals surface area contributed by atoms with E-state index in [0.29, 0.717) is 12.0 Å². The topological polar surface area (TPSA) is 60.2 Å². The van der Waals surface area contributed by atoms with Gasteiger partial charge in [-0.3, -0.25) is 0 Å². The van der Waals surface area contributed by atoms with Crippen LogP contribution in [0.4, 0.5) is 0 Å². The quantitative estimate of drug-likeness (QED) is 0.921. The van der Waals surface area contributed by atoms with Crippen LogP contribution in [0.25, 0.3) is 0 Å². The summed E-state index contributed by atoms with van der Waals surface area (Å²) in [5.41, 5.74) is 0. The molecule has 1 aliphatic heterocycles. The van der Waals surface area contributed by atoms with E-state index in [9.17, 15) is 0 Å². The summed E-state index contributed by atoms with van der Waals surface area (Å²) in [6.07, 6.45) is 4.70. The van der Waals surface area contributed by atoms with Crippen molar-refractivity contribution in [1.29, 1.82) is 0 Å². The first-order valence-corrected chi connectivity index (χ1v) is 8.78. The Morgan fingerprint density at radius 2 is 2.15 bits per heavy atom. The Balaban J connectivity index is 1.57. The fraction of sp³-hybridized carbons (Fsp3) is 0.857. The molecule has 0 spiro atoms. The van der Waals surface area contributed by atoms with E-state index in [1.165, 1.54) is 12.8 Å². The average molecular weight is 297 g/mol. The van der Waals surface area contributed by atoms with Crippen LogP contribution in [-0.2, 0) is 4.74 Å². The number of aromatic nitrogens is 2. The molecule has 1 aliphatic carbocycles. The molecule has 1 atom stereocenters. The van der Waals surface area contributed by atoms with Crippen molar-refractivity contribution in [1.82, 2.24) is 15.5 Å². The number of ether oxygens (including phenoxy) is 1. The monoisotopic (exact) mass is 297 g/mol. The van der Waals surface area contributed by atoms with Crippen LogP contribution in [0.5, 0.6) is 0 Å². The first kappa shape index (κ1) is 14.4. The van der Waals surface area contributed by atoms with Gasteiger partial charge in [0.2, 0.25) is 11.7 Å². The zero-order valence-electron chi connectivity index (χ0n) is 12.0. The molecule has 1 saturated carbocycles. The van der Waals surface area contributed by atoms with Gasteiger partial charge in [0.1, 0.15) is 6.10 Å². The van der Waals surface area contributed by atoms with E-state index in [4.69, 9.17) is 9.26 Å². The summed E-state index contributed by atoms with van der Waals surface area (Å²) in [4.78, 5) is 4.59. The summed E-state index contributed by atoms with van der Waals surface area (Å²) in [6.45, 7) is 4.00. The minimum Gasteiger partial charge on any atom is -0.368 e. The number of rotatable bonds is 4. The number of hydrogen-bond acceptors (Lipinski definition) is 6. The first-order valence-electron chi connectivity index (χ1n) is 7.63. The Hall–Kier alpha value is -0.590. The Kier molecular flexibility index (Phi) is 4.96. The van der Waals surface area contributed by atoms with Crippen molar-refractivity contribution in [3.05, 3.63) is 11.7 Å². The molecule has 2 aliphatic rings. The van der Waals surface area contributed by atoms with Gasteiger partial charge < -0.3 is 14.6 Å². The standard InChI is InChI=1S/C14H23N3O2S/c1-2-15-11-5-3-10(4-6-11)14-16-13(17-19-14)12-9-20-8-7-18-12/h10-12,15H,2-9H2,1H3. The maximum atomic E-state index is 5.70. The molecular formula is C14H23N3O2S. The van der Waals surface area contributed by atoms with Gasteiger partial charge >= 0.3 is 0 Å². The minimum absolute atomic E-state index is 0.0179. The molecule has 1 aromatic rings. The Bertz CT molecular complexity index is 412. The van der Waals surface area contributed by atoms with Crippen LogP contribution in [0.2, 0.25) is 0 Å². The summed E-state index contributed by atoms with van der Waals surface area (Å²) >= 11 is 1.89. The molecule has 1 N–H and O–H groups in total. The maximum Gasteiger partial charge on any atom is 0.229 e. The normalized spacial score (nSPS) is 31.4. The average Bonchev–Trinajstić information content (AvgIpc) is 2.99. The van der Waals surface area contributed by atoms with E-state index < -0.39 is 0 Å². The number of nitrogens with one attached hydrogen (secondary N) is 1. The van der Waals surface area contributed by atoms with Crippen LogP contribution in [0.1, 0.15) is 56.3 Å². The van der Waals surface area contributed by atoms with E-state index in [1.54, 1.807) is 0 Å². The van der Waals surface area contributed by atoms with E-state index in [1.807, 2.05) is 11.8 Å². The predicted octanol–water partition coefficient (Wildman–Crippen LogP) is 2.51. The summed E-state index contributed by atoms with van der Waals surface area (Å²) in [7, 11) is 0. The molecule has 0 bridgehead atoms. The molecule has 20 heavy (non-hydrogen) atoms. The van der Waals surface area contributed by atoms with Gasteiger partial charge in [-0.1, -0.05) is 12.1 Å². The zero-order valence-corrected chi connectivity index (χ0v) is 12.8. The molecule has 1 unspecified atom stereocenters. The van der Waals surface area contributed by atoms with Crippen molar-refractivity contribution in [3.63, 3.8) is 0 Å². The molecular weight excluding hydrogens is 274 g/mol. The van der Waals surface area contributed by atoms with Gasteiger partial charge in [-0.25, -0.2) is 0 Å². The molecule has 2 fully saturated rings. The lowest BCUT2D eigenvalue weighted by atomic mass is 9.86. The van der Waals surface area contributed by atoms with Crippen molar-refractivity contribution in [2.24, 2.45) is 0 Å². The van der Waals surface area contributed by atoms with Gasteiger partial charge in [-0.2, -0.15) is 16.7 Å². The van der Waals surface area contributed by atoms with Gasteiger partial charge in [0.15, 0.2) is 0 Å². The maximum absolute atomic E-state index is 5.70. The molecule has 0 radical (unpaired) electrons. The van der Waals surface area contributed by atoms with Crippen LogP contribution < -0.4 is 5.32 Å².